The molecule has 1 rings (SSSR count). The van der Waals surface area contributed by atoms with E-state index < -0.39 is 36.4 Å². The summed E-state index contributed by atoms with van der Waals surface area (Å²) in [6.45, 7) is 2.26. The van der Waals surface area contributed by atoms with Gasteiger partial charge in [-0.2, -0.15) is 13.2 Å². The molecule has 0 bridgehead atoms. The highest BCUT2D eigenvalue weighted by atomic mass is 19.4. The van der Waals surface area contributed by atoms with E-state index in [-0.39, 0.29) is 6.61 Å². The van der Waals surface area contributed by atoms with E-state index in [9.17, 15) is 28.2 Å². The minimum Gasteiger partial charge on any atom is -0.388 e. The number of carbonyl (C=O) groups excluding carboxylic acids is 1. The zero-order valence-corrected chi connectivity index (χ0v) is 10.9. The molecular formula is C11H18F3NO5. The summed E-state index contributed by atoms with van der Waals surface area (Å²) in [7, 11) is 0. The maximum absolute atomic E-state index is 12.1. The minimum atomic E-state index is -5.05. The third kappa shape index (κ3) is 4.58. The number of aliphatic hydroxyl groups is 2. The van der Waals surface area contributed by atoms with E-state index >= 15 is 0 Å². The molecule has 0 saturated carbocycles. The Kier molecular flexibility index (Phi) is 6.18. The number of halogens is 3. The molecule has 0 aliphatic carbocycles. The third-order valence-electron chi connectivity index (χ3n) is 2.96. The van der Waals surface area contributed by atoms with Crippen molar-refractivity contribution in [3.8, 4) is 0 Å². The normalized spacial score (nSPS) is 31.1. The van der Waals surface area contributed by atoms with Gasteiger partial charge in [0.1, 0.15) is 12.2 Å². The van der Waals surface area contributed by atoms with Crippen LogP contribution in [0.1, 0.15) is 13.3 Å². The number of amides is 1. The van der Waals surface area contributed by atoms with Gasteiger partial charge < -0.3 is 25.0 Å². The summed E-state index contributed by atoms with van der Waals surface area (Å²) in [5.74, 6) is -2.18. The van der Waals surface area contributed by atoms with E-state index in [1.807, 2.05) is 0 Å². The number of hydrogen-bond acceptors (Lipinski definition) is 5. The van der Waals surface area contributed by atoms with E-state index in [1.54, 1.807) is 12.2 Å². The number of aliphatic hydroxyl groups excluding tert-OH is 2. The first-order valence-electron chi connectivity index (χ1n) is 6.20. The largest absolute Gasteiger partial charge is 0.471 e. The second-order valence-corrected chi connectivity index (χ2v) is 4.42. The van der Waals surface area contributed by atoms with Gasteiger partial charge in [-0.15, -0.1) is 0 Å². The van der Waals surface area contributed by atoms with Gasteiger partial charge in [0.05, 0.1) is 18.8 Å². The molecule has 1 amide bonds. The molecule has 1 saturated heterocycles. The van der Waals surface area contributed by atoms with Gasteiger partial charge in [0.15, 0.2) is 0 Å². The second kappa shape index (κ2) is 7.21. The predicted molar refractivity (Wildman–Crippen MR) is 60.8 cm³/mol. The predicted octanol–water partition coefficient (Wildman–Crippen LogP) is -0.419. The lowest BCUT2D eigenvalue weighted by Crippen LogP contribution is -2.60. The topological polar surface area (TPSA) is 88.0 Å². The van der Waals surface area contributed by atoms with Crippen LogP contribution in [0, 0.1) is 0 Å². The van der Waals surface area contributed by atoms with Crippen molar-refractivity contribution in [3.63, 3.8) is 0 Å². The first kappa shape index (κ1) is 17.2. The highest BCUT2D eigenvalue weighted by Crippen LogP contribution is 2.20. The molecule has 9 heteroatoms. The van der Waals surface area contributed by atoms with Crippen LogP contribution in [-0.4, -0.2) is 66.5 Å². The fourth-order valence-corrected chi connectivity index (χ4v) is 1.86. The van der Waals surface area contributed by atoms with E-state index in [2.05, 4.69) is 0 Å². The Balaban J connectivity index is 2.50. The van der Waals surface area contributed by atoms with Gasteiger partial charge in [0.2, 0.25) is 0 Å². The van der Waals surface area contributed by atoms with Crippen LogP contribution in [-0.2, 0) is 14.3 Å². The van der Waals surface area contributed by atoms with Gasteiger partial charge >= 0.3 is 12.1 Å². The summed E-state index contributed by atoms with van der Waals surface area (Å²) in [6.07, 6.45) is -8.40. The molecule has 20 heavy (non-hydrogen) atoms. The van der Waals surface area contributed by atoms with Crippen molar-refractivity contribution < 1.29 is 37.7 Å². The number of rotatable bonds is 5. The van der Waals surface area contributed by atoms with Crippen LogP contribution in [0.5, 0.6) is 0 Å². The molecule has 0 radical (unpaired) electrons. The summed E-state index contributed by atoms with van der Waals surface area (Å²) in [6, 6.07) is -1.30. The molecule has 118 valence electrons. The fraction of sp³-hybridized carbons (Fsp3) is 0.909. The van der Waals surface area contributed by atoms with Crippen molar-refractivity contribution in [2.24, 2.45) is 0 Å². The molecule has 0 aromatic carbocycles. The van der Waals surface area contributed by atoms with E-state index in [0.29, 0.717) is 19.6 Å². The van der Waals surface area contributed by atoms with Crippen LogP contribution < -0.4 is 5.32 Å². The van der Waals surface area contributed by atoms with Crippen molar-refractivity contribution in [3.05, 3.63) is 0 Å². The Morgan fingerprint density at radius 2 is 2.05 bits per heavy atom. The van der Waals surface area contributed by atoms with Gasteiger partial charge in [-0.3, -0.25) is 4.79 Å². The van der Waals surface area contributed by atoms with Crippen molar-refractivity contribution in [2.45, 2.75) is 43.9 Å². The summed E-state index contributed by atoms with van der Waals surface area (Å²) in [5.41, 5.74) is 0. The van der Waals surface area contributed by atoms with Crippen LogP contribution in [0.15, 0.2) is 0 Å². The molecule has 1 aliphatic rings. The van der Waals surface area contributed by atoms with Gasteiger partial charge in [0, 0.05) is 13.2 Å². The van der Waals surface area contributed by atoms with Crippen molar-refractivity contribution in [2.75, 3.05) is 19.8 Å². The molecule has 6 nitrogen and oxygen atoms in total. The summed E-state index contributed by atoms with van der Waals surface area (Å²) < 4.78 is 46.5. The Morgan fingerprint density at radius 3 is 2.60 bits per heavy atom. The highest BCUT2D eigenvalue weighted by Gasteiger charge is 2.44. The summed E-state index contributed by atoms with van der Waals surface area (Å²) >= 11 is 0. The van der Waals surface area contributed by atoms with E-state index in [1.165, 1.54) is 0 Å². The van der Waals surface area contributed by atoms with E-state index in [4.69, 9.17) is 9.47 Å². The summed E-state index contributed by atoms with van der Waals surface area (Å²) in [4.78, 5) is 10.8. The fourth-order valence-electron chi connectivity index (χ4n) is 1.86. The lowest BCUT2D eigenvalue weighted by molar-refractivity contribution is -0.184. The van der Waals surface area contributed by atoms with Crippen LogP contribution in [0.4, 0.5) is 13.2 Å². The van der Waals surface area contributed by atoms with Gasteiger partial charge in [-0.25, -0.2) is 0 Å². The van der Waals surface area contributed by atoms with Crippen LogP contribution in [0.3, 0.4) is 0 Å². The first-order chi connectivity index (χ1) is 9.27. The number of carbonyl (C=O) groups is 1. The van der Waals surface area contributed by atoms with Gasteiger partial charge in [-0.05, 0) is 13.3 Å². The third-order valence-corrected chi connectivity index (χ3v) is 2.96. The molecule has 1 fully saturated rings. The first-order valence-corrected chi connectivity index (χ1v) is 6.20. The molecule has 3 N–H and O–H groups in total. The second-order valence-electron chi connectivity index (χ2n) is 4.42. The van der Waals surface area contributed by atoms with Crippen LogP contribution in [0.2, 0.25) is 0 Å². The number of nitrogens with one attached hydrogen (secondary N) is 1. The Labute approximate surface area is 113 Å². The van der Waals surface area contributed by atoms with Crippen molar-refractivity contribution in [1.82, 2.24) is 5.32 Å². The monoisotopic (exact) mass is 301 g/mol. The van der Waals surface area contributed by atoms with Gasteiger partial charge in [-0.1, -0.05) is 0 Å². The maximum Gasteiger partial charge on any atom is 0.471 e. The molecule has 0 unspecified atom stereocenters. The van der Waals surface area contributed by atoms with E-state index in [0.717, 1.165) is 0 Å². The maximum atomic E-state index is 12.1. The molecule has 0 aromatic rings. The average Bonchev–Trinajstić information content (AvgIpc) is 2.36. The van der Waals surface area contributed by atoms with Crippen LogP contribution in [0.25, 0.3) is 0 Å². The number of hydrogen-bond donors (Lipinski definition) is 3. The SMILES string of the molecule is CCOCC[C@H]1OC[C@@H](NC(=O)C(F)(F)F)[C@@H](O)[C@H]1O. The minimum absolute atomic E-state index is 0.296. The quantitative estimate of drug-likeness (QED) is 0.600. The Hall–Kier alpha value is -0.900. The number of alkyl halides is 3. The molecule has 1 aliphatic heterocycles. The molecule has 4 atom stereocenters. The van der Waals surface area contributed by atoms with Gasteiger partial charge in [0.25, 0.3) is 0 Å². The Bertz CT molecular complexity index is 326. The zero-order valence-electron chi connectivity index (χ0n) is 10.9. The zero-order chi connectivity index (χ0) is 15.3. The molecule has 0 aromatic heterocycles. The lowest BCUT2D eigenvalue weighted by atomic mass is 9.96. The number of ether oxygens (including phenoxy) is 2. The lowest BCUT2D eigenvalue weighted by Gasteiger charge is -2.38. The highest BCUT2D eigenvalue weighted by molar-refractivity contribution is 5.82. The average molecular weight is 301 g/mol. The van der Waals surface area contributed by atoms with Crippen molar-refractivity contribution in [1.29, 1.82) is 0 Å². The smallest absolute Gasteiger partial charge is 0.388 e. The molecule has 1 heterocycles. The Morgan fingerprint density at radius 1 is 1.40 bits per heavy atom. The standard InChI is InChI=1S/C11H18F3NO5/c1-2-19-4-3-7-9(17)8(16)6(5-20-7)15-10(18)11(12,13)14/h6-9,16-17H,2-5H2,1H3,(H,15,18)/t6-,7-,8-,9+/m1/s1. The molecular weight excluding hydrogens is 283 g/mol. The van der Waals surface area contributed by atoms with Crippen molar-refractivity contribution >= 4 is 5.91 Å². The van der Waals surface area contributed by atoms with Crippen LogP contribution >= 0.6 is 0 Å². The summed E-state index contributed by atoms with van der Waals surface area (Å²) in [5, 5.41) is 21.1. The molecule has 0 spiro atoms.